The van der Waals surface area contributed by atoms with Crippen LogP contribution in [0.5, 0.6) is 0 Å². The largest absolute Gasteiger partial charge is 0.393 e. The van der Waals surface area contributed by atoms with Gasteiger partial charge < -0.3 is 16.4 Å². The van der Waals surface area contributed by atoms with Crippen LogP contribution in [0.4, 0.5) is 27.1 Å². The second-order valence-electron chi connectivity index (χ2n) is 5.10. The predicted octanol–water partition coefficient (Wildman–Crippen LogP) is 2.07. The highest BCUT2D eigenvalue weighted by Crippen LogP contribution is 2.26. The molecule has 2 aromatic rings. The molecule has 0 atom stereocenters. The fourth-order valence-electron chi connectivity index (χ4n) is 2.19. The van der Waals surface area contributed by atoms with Gasteiger partial charge in [0.15, 0.2) is 0 Å². The molecule has 11 heteroatoms. The molecular weight excluding hydrogens is 349 g/mol. The van der Waals surface area contributed by atoms with Gasteiger partial charge in [-0.25, -0.2) is 4.39 Å². The number of carbonyl (C=O) groups excluding carboxylic acids is 1. The molecule has 0 aliphatic carbocycles. The first-order chi connectivity index (χ1) is 12.3. The number of nitrogens with zero attached hydrogens (tertiary/aromatic N) is 2. The number of nitro benzene ring substituents is 2. The van der Waals surface area contributed by atoms with Crippen LogP contribution in [0.15, 0.2) is 36.4 Å². The topological polar surface area (TPSA) is 153 Å². The van der Waals surface area contributed by atoms with Crippen LogP contribution in [0.1, 0.15) is 10.4 Å². The summed E-state index contributed by atoms with van der Waals surface area (Å²) in [6, 6.07) is 7.39. The van der Waals surface area contributed by atoms with E-state index in [4.69, 9.17) is 5.73 Å². The lowest BCUT2D eigenvalue weighted by atomic mass is 10.1. The molecule has 0 radical (unpaired) electrons. The second kappa shape index (κ2) is 7.88. The molecule has 0 aliphatic heterocycles. The van der Waals surface area contributed by atoms with Crippen molar-refractivity contribution in [3.63, 3.8) is 0 Å². The summed E-state index contributed by atoms with van der Waals surface area (Å²) in [7, 11) is 0. The van der Waals surface area contributed by atoms with E-state index in [9.17, 15) is 29.4 Å². The average molecular weight is 363 g/mol. The van der Waals surface area contributed by atoms with Crippen LogP contribution in [-0.4, -0.2) is 28.8 Å². The van der Waals surface area contributed by atoms with Gasteiger partial charge in [0.05, 0.1) is 21.5 Å². The zero-order chi connectivity index (χ0) is 19.3. The SMILES string of the molecule is Nc1c(C(=O)NCCNc2ccccc2[N+](=O)[O-])cc(F)cc1[N+](=O)[O-]. The first kappa shape index (κ1) is 18.6. The molecule has 0 spiro atoms. The van der Waals surface area contributed by atoms with E-state index in [0.717, 1.165) is 6.07 Å². The van der Waals surface area contributed by atoms with Crippen molar-refractivity contribution >= 4 is 28.7 Å². The van der Waals surface area contributed by atoms with Gasteiger partial charge in [-0.15, -0.1) is 0 Å². The number of nitrogen functional groups attached to an aromatic ring is 1. The minimum Gasteiger partial charge on any atom is -0.393 e. The molecule has 0 heterocycles. The summed E-state index contributed by atoms with van der Waals surface area (Å²) in [6.07, 6.45) is 0. The Morgan fingerprint density at radius 1 is 1.08 bits per heavy atom. The number of nitro groups is 2. The Labute approximate surface area is 146 Å². The molecule has 2 aromatic carbocycles. The van der Waals surface area contributed by atoms with Crippen molar-refractivity contribution in [1.29, 1.82) is 0 Å². The third kappa shape index (κ3) is 4.20. The van der Waals surface area contributed by atoms with Crippen molar-refractivity contribution in [2.45, 2.75) is 0 Å². The number of para-hydroxylation sites is 2. The summed E-state index contributed by atoms with van der Waals surface area (Å²) < 4.78 is 13.4. The van der Waals surface area contributed by atoms with E-state index < -0.39 is 32.9 Å². The van der Waals surface area contributed by atoms with Crippen LogP contribution in [0.3, 0.4) is 0 Å². The molecular formula is C15H14FN5O5. The molecule has 2 rings (SSSR count). The number of rotatable bonds is 7. The molecule has 4 N–H and O–H groups in total. The van der Waals surface area contributed by atoms with E-state index in [-0.39, 0.29) is 30.0 Å². The summed E-state index contributed by atoms with van der Waals surface area (Å²) in [5.41, 5.74) is 4.19. The Bertz CT molecular complexity index is 874. The number of halogens is 1. The number of carbonyl (C=O) groups is 1. The lowest BCUT2D eigenvalue weighted by molar-refractivity contribution is -0.384. The second-order valence-corrected chi connectivity index (χ2v) is 5.10. The molecule has 0 aliphatic rings. The Morgan fingerprint density at radius 2 is 1.73 bits per heavy atom. The lowest BCUT2D eigenvalue weighted by Crippen LogP contribution is -2.29. The molecule has 0 bridgehead atoms. The molecule has 0 unspecified atom stereocenters. The quantitative estimate of drug-likeness (QED) is 0.294. The molecule has 0 saturated carbocycles. The molecule has 0 aromatic heterocycles. The van der Waals surface area contributed by atoms with Gasteiger partial charge in [-0.1, -0.05) is 12.1 Å². The van der Waals surface area contributed by atoms with E-state index in [1.165, 1.54) is 18.2 Å². The summed E-state index contributed by atoms with van der Waals surface area (Å²) >= 11 is 0. The Kier molecular flexibility index (Phi) is 5.63. The highest BCUT2D eigenvalue weighted by Gasteiger charge is 2.21. The van der Waals surface area contributed by atoms with E-state index in [1.807, 2.05) is 0 Å². The minimum absolute atomic E-state index is 0.0225. The number of hydrogen-bond donors (Lipinski definition) is 3. The van der Waals surface area contributed by atoms with Crippen LogP contribution in [0.25, 0.3) is 0 Å². The molecule has 0 saturated heterocycles. The maximum Gasteiger partial charge on any atom is 0.295 e. The van der Waals surface area contributed by atoms with Gasteiger partial charge in [-0.05, 0) is 12.1 Å². The monoisotopic (exact) mass is 363 g/mol. The van der Waals surface area contributed by atoms with Crippen molar-refractivity contribution in [2.24, 2.45) is 0 Å². The first-order valence-corrected chi connectivity index (χ1v) is 7.30. The summed E-state index contributed by atoms with van der Waals surface area (Å²) in [6.45, 7) is 0.155. The van der Waals surface area contributed by atoms with Crippen molar-refractivity contribution < 1.29 is 19.0 Å². The standard InChI is InChI=1S/C15H14FN5O5/c16-9-7-10(14(17)13(8-9)21(25)26)15(22)19-6-5-18-11-3-1-2-4-12(11)20(23)24/h1-4,7-8,18H,5-6,17H2,(H,19,22). The number of nitrogens with one attached hydrogen (secondary N) is 2. The average Bonchev–Trinajstić information content (AvgIpc) is 2.60. The summed E-state index contributed by atoms with van der Waals surface area (Å²) in [5.74, 6) is -1.76. The van der Waals surface area contributed by atoms with Gasteiger partial charge in [0.1, 0.15) is 17.2 Å². The number of amides is 1. The summed E-state index contributed by atoms with van der Waals surface area (Å²) in [5, 5.41) is 26.9. The fourth-order valence-corrected chi connectivity index (χ4v) is 2.19. The predicted molar refractivity (Wildman–Crippen MR) is 91.4 cm³/mol. The number of nitrogens with two attached hydrogens (primary N) is 1. The van der Waals surface area contributed by atoms with Crippen LogP contribution in [0.2, 0.25) is 0 Å². The minimum atomic E-state index is -0.964. The van der Waals surface area contributed by atoms with Gasteiger partial charge in [-0.2, -0.15) is 0 Å². The first-order valence-electron chi connectivity index (χ1n) is 7.30. The molecule has 0 fully saturated rings. The fraction of sp³-hybridized carbons (Fsp3) is 0.133. The number of benzene rings is 2. The van der Waals surface area contributed by atoms with Gasteiger partial charge in [-0.3, -0.25) is 25.0 Å². The van der Waals surface area contributed by atoms with Crippen LogP contribution >= 0.6 is 0 Å². The number of hydrogen-bond acceptors (Lipinski definition) is 7. The van der Waals surface area contributed by atoms with Crippen molar-refractivity contribution in [3.8, 4) is 0 Å². The van der Waals surface area contributed by atoms with Crippen LogP contribution in [0, 0.1) is 26.0 Å². The maximum absolute atomic E-state index is 13.4. The van der Waals surface area contributed by atoms with E-state index in [0.29, 0.717) is 6.07 Å². The zero-order valence-electron chi connectivity index (χ0n) is 13.3. The van der Waals surface area contributed by atoms with E-state index in [2.05, 4.69) is 10.6 Å². The number of anilines is 2. The highest BCUT2D eigenvalue weighted by molar-refractivity contribution is 6.01. The Morgan fingerprint density at radius 3 is 2.38 bits per heavy atom. The maximum atomic E-state index is 13.4. The molecule has 26 heavy (non-hydrogen) atoms. The van der Waals surface area contributed by atoms with Crippen LogP contribution < -0.4 is 16.4 Å². The van der Waals surface area contributed by atoms with Gasteiger partial charge in [0.25, 0.3) is 17.3 Å². The third-order valence-electron chi connectivity index (χ3n) is 3.39. The molecule has 136 valence electrons. The highest BCUT2D eigenvalue weighted by atomic mass is 19.1. The van der Waals surface area contributed by atoms with E-state index in [1.54, 1.807) is 6.07 Å². The Hall–Kier alpha value is -3.76. The van der Waals surface area contributed by atoms with Gasteiger partial charge in [0.2, 0.25) is 0 Å². The smallest absolute Gasteiger partial charge is 0.295 e. The van der Waals surface area contributed by atoms with Crippen molar-refractivity contribution in [1.82, 2.24) is 5.32 Å². The third-order valence-corrected chi connectivity index (χ3v) is 3.39. The Balaban J connectivity index is 2.00. The molecule has 1 amide bonds. The van der Waals surface area contributed by atoms with Crippen LogP contribution in [-0.2, 0) is 0 Å². The van der Waals surface area contributed by atoms with Gasteiger partial charge in [0, 0.05) is 19.2 Å². The normalized spacial score (nSPS) is 10.2. The lowest BCUT2D eigenvalue weighted by Gasteiger charge is -2.10. The zero-order valence-corrected chi connectivity index (χ0v) is 13.3. The van der Waals surface area contributed by atoms with Gasteiger partial charge >= 0.3 is 0 Å². The summed E-state index contributed by atoms with van der Waals surface area (Å²) in [4.78, 5) is 32.3. The van der Waals surface area contributed by atoms with E-state index >= 15 is 0 Å². The molecule has 10 nitrogen and oxygen atoms in total. The van der Waals surface area contributed by atoms with Crippen molar-refractivity contribution in [3.05, 3.63) is 68.0 Å². The van der Waals surface area contributed by atoms with Crippen molar-refractivity contribution in [2.75, 3.05) is 24.1 Å².